The second-order valence-electron chi connectivity index (χ2n) is 6.88. The summed E-state index contributed by atoms with van der Waals surface area (Å²) in [4.78, 5) is 14.5. The van der Waals surface area contributed by atoms with Crippen LogP contribution >= 0.6 is 0 Å². The van der Waals surface area contributed by atoms with Crippen molar-refractivity contribution < 1.29 is 0 Å². The van der Waals surface area contributed by atoms with E-state index in [1.807, 2.05) is 84.9 Å². The highest BCUT2D eigenvalue weighted by Gasteiger charge is 2.15. The predicted molar refractivity (Wildman–Crippen MR) is 120 cm³/mol. The Bertz CT molecular complexity index is 1210. The molecule has 3 nitrogen and oxygen atoms in total. The van der Waals surface area contributed by atoms with Gasteiger partial charge in [0.15, 0.2) is 17.5 Å². The molecular formula is C27H18N3. The molecule has 0 aliphatic rings. The molecule has 30 heavy (non-hydrogen) atoms. The van der Waals surface area contributed by atoms with Crippen LogP contribution in [0.4, 0.5) is 0 Å². The van der Waals surface area contributed by atoms with Crippen LogP contribution in [0.25, 0.3) is 45.3 Å². The fourth-order valence-electron chi connectivity index (χ4n) is 3.42. The van der Waals surface area contributed by atoms with Crippen LogP contribution in [0.2, 0.25) is 0 Å². The summed E-state index contributed by atoms with van der Waals surface area (Å²) >= 11 is 0. The summed E-state index contributed by atoms with van der Waals surface area (Å²) in [5.74, 6) is 1.95. The van der Waals surface area contributed by atoms with Gasteiger partial charge in [-0.2, -0.15) is 0 Å². The molecule has 1 aromatic heterocycles. The van der Waals surface area contributed by atoms with Gasteiger partial charge in [0.25, 0.3) is 0 Å². The monoisotopic (exact) mass is 384 g/mol. The van der Waals surface area contributed by atoms with Gasteiger partial charge >= 0.3 is 0 Å². The Morgan fingerprint density at radius 3 is 1.63 bits per heavy atom. The van der Waals surface area contributed by atoms with Crippen LogP contribution in [-0.4, -0.2) is 15.0 Å². The van der Waals surface area contributed by atoms with Gasteiger partial charge in [0.2, 0.25) is 0 Å². The first-order chi connectivity index (χ1) is 14.9. The summed E-state index contributed by atoms with van der Waals surface area (Å²) in [5, 5.41) is 0. The molecule has 1 heterocycles. The Morgan fingerprint density at radius 2 is 0.967 bits per heavy atom. The zero-order valence-electron chi connectivity index (χ0n) is 16.2. The molecule has 141 valence electrons. The molecule has 0 aliphatic carbocycles. The van der Waals surface area contributed by atoms with Crippen LogP contribution in [-0.2, 0) is 0 Å². The second-order valence-corrected chi connectivity index (χ2v) is 6.88. The fraction of sp³-hybridized carbons (Fsp3) is 0. The molecule has 0 N–H and O–H groups in total. The number of aromatic nitrogens is 3. The Labute approximate surface area is 175 Å². The minimum Gasteiger partial charge on any atom is -0.208 e. The largest absolute Gasteiger partial charge is 0.208 e. The molecule has 0 saturated carbocycles. The van der Waals surface area contributed by atoms with Crippen molar-refractivity contribution in [2.75, 3.05) is 0 Å². The van der Waals surface area contributed by atoms with Gasteiger partial charge in [-0.15, -0.1) is 0 Å². The molecule has 0 amide bonds. The third-order valence-corrected chi connectivity index (χ3v) is 4.89. The average molecular weight is 384 g/mol. The van der Waals surface area contributed by atoms with Gasteiger partial charge in [0.1, 0.15) is 0 Å². The summed E-state index contributed by atoms with van der Waals surface area (Å²) in [6, 6.07) is 39.4. The van der Waals surface area contributed by atoms with E-state index in [0.29, 0.717) is 17.5 Å². The summed E-state index contributed by atoms with van der Waals surface area (Å²) < 4.78 is 0. The molecule has 0 atom stereocenters. The van der Waals surface area contributed by atoms with Crippen molar-refractivity contribution in [2.24, 2.45) is 0 Å². The first kappa shape index (κ1) is 18.0. The van der Waals surface area contributed by atoms with Gasteiger partial charge in [0.05, 0.1) is 0 Å². The molecule has 0 fully saturated rings. The molecule has 1 radical (unpaired) electrons. The maximum absolute atomic E-state index is 4.85. The molecular weight excluding hydrogens is 366 g/mol. The van der Waals surface area contributed by atoms with Crippen LogP contribution in [0.1, 0.15) is 0 Å². The quantitative estimate of drug-likeness (QED) is 0.363. The van der Waals surface area contributed by atoms with E-state index in [1.165, 1.54) is 0 Å². The molecule has 3 heteroatoms. The number of hydrogen-bond donors (Lipinski definition) is 0. The standard InChI is InChI=1S/C27H18N3/c1-4-12-20(13-5-1)23-18-10-11-19-24(23)27-29-25(21-14-6-2-7-15-21)28-26(30-27)22-16-8-3-9-17-22/h1-8,10-19H. The van der Waals surface area contributed by atoms with E-state index in [4.69, 9.17) is 15.0 Å². The van der Waals surface area contributed by atoms with Gasteiger partial charge < -0.3 is 0 Å². The SMILES string of the molecule is [c]1cccc(-c2nc(-c3ccccc3)nc(-c3ccccc3-c3ccccc3)n2)c1. The van der Waals surface area contributed by atoms with E-state index in [2.05, 4.69) is 30.3 Å². The first-order valence-corrected chi connectivity index (χ1v) is 9.81. The number of hydrogen-bond acceptors (Lipinski definition) is 3. The first-order valence-electron chi connectivity index (χ1n) is 9.81. The smallest absolute Gasteiger partial charge is 0.164 e. The molecule has 0 unspecified atom stereocenters. The summed E-state index contributed by atoms with van der Waals surface area (Å²) in [6.07, 6.45) is 0. The summed E-state index contributed by atoms with van der Waals surface area (Å²) in [7, 11) is 0. The van der Waals surface area contributed by atoms with Crippen molar-refractivity contribution in [3.8, 4) is 45.3 Å². The average Bonchev–Trinajstić information content (AvgIpc) is 2.85. The highest BCUT2D eigenvalue weighted by Crippen LogP contribution is 2.32. The lowest BCUT2D eigenvalue weighted by molar-refractivity contribution is 1.07. The number of benzene rings is 4. The van der Waals surface area contributed by atoms with Crippen molar-refractivity contribution in [3.05, 3.63) is 115 Å². The van der Waals surface area contributed by atoms with Crippen molar-refractivity contribution in [3.63, 3.8) is 0 Å². The van der Waals surface area contributed by atoms with Gasteiger partial charge in [-0.3, -0.25) is 0 Å². The van der Waals surface area contributed by atoms with E-state index in [1.54, 1.807) is 0 Å². The lowest BCUT2D eigenvalue weighted by atomic mass is 9.99. The molecule has 5 rings (SSSR count). The van der Waals surface area contributed by atoms with Gasteiger partial charge in [-0.25, -0.2) is 15.0 Å². The maximum atomic E-state index is 4.85. The Balaban J connectivity index is 1.74. The highest BCUT2D eigenvalue weighted by atomic mass is 15.0. The predicted octanol–water partition coefficient (Wildman–Crippen LogP) is 6.34. The number of nitrogens with zero attached hydrogens (tertiary/aromatic N) is 3. The van der Waals surface area contributed by atoms with Gasteiger partial charge in [-0.1, -0.05) is 103 Å². The van der Waals surface area contributed by atoms with Crippen LogP contribution in [0.5, 0.6) is 0 Å². The molecule has 0 aliphatic heterocycles. The third-order valence-electron chi connectivity index (χ3n) is 4.89. The lowest BCUT2D eigenvalue weighted by Crippen LogP contribution is -2.01. The molecule has 4 aromatic carbocycles. The Hall–Kier alpha value is -4.11. The molecule has 5 aromatic rings. The minimum absolute atomic E-state index is 0.638. The molecule has 0 bridgehead atoms. The van der Waals surface area contributed by atoms with Crippen LogP contribution in [0.15, 0.2) is 109 Å². The van der Waals surface area contributed by atoms with E-state index in [0.717, 1.165) is 27.8 Å². The van der Waals surface area contributed by atoms with Crippen LogP contribution < -0.4 is 0 Å². The Kier molecular flexibility index (Phi) is 4.84. The van der Waals surface area contributed by atoms with Crippen molar-refractivity contribution in [2.45, 2.75) is 0 Å². The lowest BCUT2D eigenvalue weighted by Gasteiger charge is -2.11. The van der Waals surface area contributed by atoms with Crippen molar-refractivity contribution in [1.82, 2.24) is 15.0 Å². The highest BCUT2D eigenvalue weighted by molar-refractivity contribution is 5.81. The van der Waals surface area contributed by atoms with Crippen LogP contribution in [0, 0.1) is 6.07 Å². The van der Waals surface area contributed by atoms with Gasteiger partial charge in [-0.05, 0) is 23.3 Å². The van der Waals surface area contributed by atoms with Gasteiger partial charge in [0, 0.05) is 16.7 Å². The normalized spacial score (nSPS) is 10.7. The number of rotatable bonds is 4. The zero-order chi connectivity index (χ0) is 20.2. The maximum Gasteiger partial charge on any atom is 0.164 e. The van der Waals surface area contributed by atoms with E-state index in [-0.39, 0.29) is 0 Å². The Morgan fingerprint density at radius 1 is 0.433 bits per heavy atom. The van der Waals surface area contributed by atoms with E-state index in [9.17, 15) is 0 Å². The fourth-order valence-corrected chi connectivity index (χ4v) is 3.42. The van der Waals surface area contributed by atoms with E-state index < -0.39 is 0 Å². The van der Waals surface area contributed by atoms with Crippen LogP contribution in [0.3, 0.4) is 0 Å². The minimum atomic E-state index is 0.638. The molecule has 0 spiro atoms. The summed E-state index contributed by atoms with van der Waals surface area (Å²) in [6.45, 7) is 0. The van der Waals surface area contributed by atoms with Crippen molar-refractivity contribution in [1.29, 1.82) is 0 Å². The second kappa shape index (κ2) is 8.10. The third kappa shape index (κ3) is 3.61. The van der Waals surface area contributed by atoms with E-state index >= 15 is 0 Å². The van der Waals surface area contributed by atoms with Crippen molar-refractivity contribution >= 4 is 0 Å². The zero-order valence-corrected chi connectivity index (χ0v) is 16.2. The molecule has 0 saturated heterocycles. The summed E-state index contributed by atoms with van der Waals surface area (Å²) in [5.41, 5.74) is 5.07. The topological polar surface area (TPSA) is 38.7 Å².